The summed E-state index contributed by atoms with van der Waals surface area (Å²) in [5.74, 6) is 0. The molecule has 0 bridgehead atoms. The van der Waals surface area contributed by atoms with E-state index < -0.39 is 0 Å². The molecule has 0 saturated heterocycles. The molecule has 0 unspecified atom stereocenters. The molecule has 0 radical (unpaired) electrons. The standard InChI is InChI=1S/C11H8S/c1-2-6-10-8(4-1)9-5-3-7-11(9)12-10/h1-4,6-7H,5H2. The first-order chi connectivity index (χ1) is 5.95. The summed E-state index contributed by atoms with van der Waals surface area (Å²) in [5.41, 5.74) is 1.52. The highest BCUT2D eigenvalue weighted by molar-refractivity contribution is 7.20. The summed E-state index contributed by atoms with van der Waals surface area (Å²) < 4.78 is 1.42. The van der Waals surface area contributed by atoms with Crippen molar-refractivity contribution in [2.75, 3.05) is 0 Å². The van der Waals surface area contributed by atoms with Crippen molar-refractivity contribution in [1.29, 1.82) is 0 Å². The van der Waals surface area contributed by atoms with Crippen LogP contribution in [0.5, 0.6) is 0 Å². The molecule has 58 valence electrons. The molecule has 1 aromatic heterocycles. The van der Waals surface area contributed by atoms with Crippen LogP contribution in [0.3, 0.4) is 0 Å². The first-order valence-corrected chi connectivity index (χ1v) is 4.94. The average molecular weight is 172 g/mol. The highest BCUT2D eigenvalue weighted by Crippen LogP contribution is 2.35. The lowest BCUT2D eigenvalue weighted by Crippen LogP contribution is -1.73. The Hall–Kier alpha value is -1.08. The van der Waals surface area contributed by atoms with Crippen LogP contribution in [0.25, 0.3) is 16.2 Å². The SMILES string of the molecule is C1=Cc2sc3ccccc3c2C1. The first-order valence-electron chi connectivity index (χ1n) is 4.12. The predicted octanol–water partition coefficient (Wildman–Crippen LogP) is 3.47. The molecule has 1 heteroatoms. The van der Waals surface area contributed by atoms with Crippen molar-refractivity contribution in [3.63, 3.8) is 0 Å². The normalized spacial score (nSPS) is 14.0. The van der Waals surface area contributed by atoms with Crippen molar-refractivity contribution >= 4 is 27.5 Å². The number of rotatable bonds is 0. The van der Waals surface area contributed by atoms with Crippen LogP contribution in [0.15, 0.2) is 30.3 Å². The lowest BCUT2D eigenvalue weighted by molar-refractivity contribution is 1.37. The van der Waals surface area contributed by atoms with E-state index in [9.17, 15) is 0 Å². The molecule has 2 aromatic rings. The van der Waals surface area contributed by atoms with Crippen molar-refractivity contribution in [3.8, 4) is 0 Å². The van der Waals surface area contributed by atoms with Crippen LogP contribution >= 0.6 is 11.3 Å². The van der Waals surface area contributed by atoms with Gasteiger partial charge in [-0.05, 0) is 29.5 Å². The van der Waals surface area contributed by atoms with Crippen molar-refractivity contribution in [2.45, 2.75) is 6.42 Å². The minimum Gasteiger partial charge on any atom is -0.136 e. The van der Waals surface area contributed by atoms with E-state index in [1.165, 1.54) is 20.5 Å². The zero-order valence-electron chi connectivity index (χ0n) is 6.58. The molecule has 0 spiro atoms. The fourth-order valence-electron chi connectivity index (χ4n) is 1.75. The summed E-state index contributed by atoms with van der Waals surface area (Å²) in [6.07, 6.45) is 5.60. The van der Waals surface area contributed by atoms with Gasteiger partial charge in [-0.15, -0.1) is 11.3 Å². The van der Waals surface area contributed by atoms with Gasteiger partial charge in [0.15, 0.2) is 0 Å². The van der Waals surface area contributed by atoms with Crippen LogP contribution in [-0.4, -0.2) is 0 Å². The van der Waals surface area contributed by atoms with E-state index in [1.54, 1.807) is 0 Å². The predicted molar refractivity (Wildman–Crippen MR) is 54.6 cm³/mol. The summed E-state index contributed by atoms with van der Waals surface area (Å²) >= 11 is 1.90. The van der Waals surface area contributed by atoms with Gasteiger partial charge in [0.2, 0.25) is 0 Å². The number of fused-ring (bicyclic) bond motifs is 3. The van der Waals surface area contributed by atoms with Crippen molar-refractivity contribution in [2.24, 2.45) is 0 Å². The van der Waals surface area contributed by atoms with Crippen LogP contribution < -0.4 is 0 Å². The Morgan fingerprint density at radius 3 is 3.08 bits per heavy atom. The van der Waals surface area contributed by atoms with Gasteiger partial charge in [-0.3, -0.25) is 0 Å². The molecule has 1 heterocycles. The molecule has 12 heavy (non-hydrogen) atoms. The van der Waals surface area contributed by atoms with E-state index in [2.05, 4.69) is 36.4 Å². The Bertz CT molecular complexity index is 463. The summed E-state index contributed by atoms with van der Waals surface area (Å²) in [4.78, 5) is 1.45. The summed E-state index contributed by atoms with van der Waals surface area (Å²) in [7, 11) is 0. The second-order valence-electron chi connectivity index (χ2n) is 3.05. The molecular weight excluding hydrogens is 164 g/mol. The lowest BCUT2D eigenvalue weighted by Gasteiger charge is -1.90. The zero-order valence-corrected chi connectivity index (χ0v) is 7.40. The van der Waals surface area contributed by atoms with Crippen LogP contribution in [0, 0.1) is 0 Å². The third kappa shape index (κ3) is 0.718. The smallest absolute Gasteiger partial charge is 0.0352 e. The summed E-state index contributed by atoms with van der Waals surface area (Å²) in [6.45, 7) is 0. The second kappa shape index (κ2) is 2.20. The lowest BCUT2D eigenvalue weighted by atomic mass is 10.1. The maximum atomic E-state index is 2.24. The number of thiophene rings is 1. The molecule has 0 atom stereocenters. The number of hydrogen-bond donors (Lipinski definition) is 0. The molecule has 1 aromatic carbocycles. The Morgan fingerprint density at radius 2 is 2.08 bits per heavy atom. The quantitative estimate of drug-likeness (QED) is 0.570. The fraction of sp³-hybridized carbons (Fsp3) is 0.0909. The third-order valence-electron chi connectivity index (χ3n) is 2.32. The largest absolute Gasteiger partial charge is 0.136 e. The molecule has 3 rings (SSSR count). The third-order valence-corrected chi connectivity index (χ3v) is 3.50. The minimum atomic E-state index is 1.12. The average Bonchev–Trinajstić information content (AvgIpc) is 2.62. The van der Waals surface area contributed by atoms with Crippen LogP contribution in [-0.2, 0) is 6.42 Å². The van der Waals surface area contributed by atoms with Crippen LogP contribution in [0.4, 0.5) is 0 Å². The highest BCUT2D eigenvalue weighted by atomic mass is 32.1. The van der Waals surface area contributed by atoms with Gasteiger partial charge in [0.05, 0.1) is 0 Å². The van der Waals surface area contributed by atoms with Crippen molar-refractivity contribution in [1.82, 2.24) is 0 Å². The van der Waals surface area contributed by atoms with E-state index in [1.807, 2.05) is 11.3 Å². The molecule has 0 N–H and O–H groups in total. The molecule has 0 nitrogen and oxygen atoms in total. The molecule has 0 aliphatic heterocycles. The zero-order chi connectivity index (χ0) is 7.97. The molecule has 1 aliphatic carbocycles. The van der Waals surface area contributed by atoms with Crippen LogP contribution in [0.1, 0.15) is 10.4 Å². The monoisotopic (exact) mass is 172 g/mol. The minimum absolute atomic E-state index is 1.12. The molecule has 0 amide bonds. The van der Waals surface area contributed by atoms with Gasteiger partial charge in [-0.1, -0.05) is 24.3 Å². The van der Waals surface area contributed by atoms with E-state index in [4.69, 9.17) is 0 Å². The van der Waals surface area contributed by atoms with Gasteiger partial charge in [0.25, 0.3) is 0 Å². The van der Waals surface area contributed by atoms with Crippen molar-refractivity contribution < 1.29 is 0 Å². The van der Waals surface area contributed by atoms with E-state index >= 15 is 0 Å². The summed E-state index contributed by atoms with van der Waals surface area (Å²) in [5, 5.41) is 1.45. The van der Waals surface area contributed by atoms with Gasteiger partial charge in [0, 0.05) is 9.58 Å². The van der Waals surface area contributed by atoms with Gasteiger partial charge in [0.1, 0.15) is 0 Å². The number of benzene rings is 1. The van der Waals surface area contributed by atoms with E-state index in [-0.39, 0.29) is 0 Å². The number of allylic oxidation sites excluding steroid dienone is 1. The Kier molecular flexibility index (Phi) is 1.18. The Morgan fingerprint density at radius 1 is 1.17 bits per heavy atom. The van der Waals surface area contributed by atoms with Gasteiger partial charge >= 0.3 is 0 Å². The van der Waals surface area contributed by atoms with Gasteiger partial charge in [-0.2, -0.15) is 0 Å². The van der Waals surface area contributed by atoms with E-state index in [0.29, 0.717) is 0 Å². The molecule has 0 saturated carbocycles. The number of hydrogen-bond acceptors (Lipinski definition) is 1. The summed E-state index contributed by atoms with van der Waals surface area (Å²) in [6, 6.07) is 8.65. The van der Waals surface area contributed by atoms with Gasteiger partial charge in [-0.25, -0.2) is 0 Å². The van der Waals surface area contributed by atoms with Crippen LogP contribution in [0.2, 0.25) is 0 Å². The highest BCUT2D eigenvalue weighted by Gasteiger charge is 2.11. The molecule has 1 aliphatic rings. The maximum absolute atomic E-state index is 2.24. The van der Waals surface area contributed by atoms with E-state index in [0.717, 1.165) is 6.42 Å². The van der Waals surface area contributed by atoms with Gasteiger partial charge < -0.3 is 0 Å². The first kappa shape index (κ1) is 6.44. The van der Waals surface area contributed by atoms with Crippen molar-refractivity contribution in [3.05, 3.63) is 40.8 Å². The Labute approximate surface area is 75.2 Å². The molecule has 0 fully saturated rings. The topological polar surface area (TPSA) is 0 Å². The molecular formula is C11H8S. The second-order valence-corrected chi connectivity index (χ2v) is 4.13. The maximum Gasteiger partial charge on any atom is 0.0352 e. The Balaban J connectivity index is 2.49. The fourth-order valence-corrected chi connectivity index (χ4v) is 2.91.